The molecule has 1 saturated carbocycles. The van der Waals surface area contributed by atoms with Crippen LogP contribution in [0.5, 0.6) is 0 Å². The number of halogens is 1. The van der Waals surface area contributed by atoms with E-state index < -0.39 is 0 Å². The normalized spacial score (nSPS) is 26.5. The molecule has 4 rings (SSSR count). The lowest BCUT2D eigenvalue weighted by molar-refractivity contribution is -0.113. The van der Waals surface area contributed by atoms with E-state index in [0.29, 0.717) is 22.5 Å². The van der Waals surface area contributed by atoms with Gasteiger partial charge in [0, 0.05) is 17.7 Å². The highest BCUT2D eigenvalue weighted by Gasteiger charge is 2.48. The predicted octanol–water partition coefficient (Wildman–Crippen LogP) is 1.36. The first-order chi connectivity index (χ1) is 9.22. The molecule has 0 radical (unpaired) electrons. The van der Waals surface area contributed by atoms with Crippen LogP contribution in [0.15, 0.2) is 41.2 Å². The quantitative estimate of drug-likeness (QED) is 0.762. The van der Waals surface area contributed by atoms with Crippen molar-refractivity contribution in [3.05, 3.63) is 46.3 Å². The fourth-order valence-corrected chi connectivity index (χ4v) is 2.76. The molecule has 1 aromatic rings. The number of nitrogens with zero attached hydrogens (tertiary/aromatic N) is 1. The first-order valence-corrected chi connectivity index (χ1v) is 6.49. The van der Waals surface area contributed by atoms with Crippen molar-refractivity contribution >= 4 is 23.3 Å². The molecule has 2 unspecified atom stereocenters. The Hall–Kier alpha value is -1.85. The summed E-state index contributed by atoms with van der Waals surface area (Å²) in [5.41, 5.74) is 9.20. The van der Waals surface area contributed by atoms with Gasteiger partial charge in [0.15, 0.2) is 0 Å². The van der Waals surface area contributed by atoms with Crippen LogP contribution >= 0.6 is 11.6 Å². The zero-order valence-electron chi connectivity index (χ0n) is 9.90. The molecular weight excluding hydrogens is 264 g/mol. The maximum Gasteiger partial charge on any atom is 0.274 e. The van der Waals surface area contributed by atoms with E-state index in [-0.39, 0.29) is 11.9 Å². The van der Waals surface area contributed by atoms with Crippen LogP contribution in [0.4, 0.5) is 5.82 Å². The van der Waals surface area contributed by atoms with Gasteiger partial charge in [-0.1, -0.05) is 23.3 Å². The minimum atomic E-state index is -0.182. The molecule has 3 aliphatic rings. The molecule has 0 spiro atoms. The fourth-order valence-electron chi connectivity index (χ4n) is 2.64. The zero-order chi connectivity index (χ0) is 13.0. The molecule has 19 heavy (non-hydrogen) atoms. The van der Waals surface area contributed by atoms with Gasteiger partial charge in [0.25, 0.3) is 5.91 Å². The maximum absolute atomic E-state index is 12.2. The van der Waals surface area contributed by atoms with Gasteiger partial charge in [-0.15, -0.1) is 0 Å². The van der Waals surface area contributed by atoms with E-state index in [0.717, 1.165) is 12.0 Å². The van der Waals surface area contributed by atoms with E-state index in [9.17, 15) is 4.79 Å². The van der Waals surface area contributed by atoms with Crippen LogP contribution in [0.1, 0.15) is 6.42 Å². The molecule has 2 heterocycles. The van der Waals surface area contributed by atoms with Gasteiger partial charge in [-0.3, -0.25) is 4.79 Å². The number of hydrogen-bond acceptors (Lipinski definition) is 4. The number of rotatable bonds is 2. The number of pyridine rings is 1. The number of carbonyl (C=O) groups excluding carboxylic acids is 1. The van der Waals surface area contributed by atoms with Crippen molar-refractivity contribution in [2.45, 2.75) is 12.5 Å². The van der Waals surface area contributed by atoms with E-state index in [4.69, 9.17) is 11.6 Å². The highest BCUT2D eigenvalue weighted by Crippen LogP contribution is 2.50. The van der Waals surface area contributed by atoms with Gasteiger partial charge in [0.05, 0.1) is 11.1 Å². The summed E-state index contributed by atoms with van der Waals surface area (Å²) >= 11 is 5.75. The second kappa shape index (κ2) is 3.82. The topological polar surface area (TPSA) is 66.0 Å². The first kappa shape index (κ1) is 11.0. The van der Waals surface area contributed by atoms with Crippen molar-refractivity contribution in [1.82, 2.24) is 15.8 Å². The summed E-state index contributed by atoms with van der Waals surface area (Å²) in [7, 11) is 0. The van der Waals surface area contributed by atoms with Crippen molar-refractivity contribution in [2.24, 2.45) is 5.92 Å². The Labute approximate surface area is 114 Å². The van der Waals surface area contributed by atoms with Gasteiger partial charge in [-0.05, 0) is 18.6 Å². The van der Waals surface area contributed by atoms with E-state index in [1.165, 1.54) is 11.8 Å². The van der Waals surface area contributed by atoms with Gasteiger partial charge in [0.2, 0.25) is 0 Å². The molecule has 5 nitrogen and oxygen atoms in total. The zero-order valence-corrected chi connectivity index (χ0v) is 10.7. The molecule has 1 fully saturated rings. The molecule has 1 amide bonds. The van der Waals surface area contributed by atoms with Gasteiger partial charge >= 0.3 is 0 Å². The number of fused-ring (bicyclic) bond motifs is 3. The Balaban J connectivity index is 1.57. The fraction of sp³-hybridized carbons (Fsp3) is 0.231. The Bertz CT molecular complexity index is 635. The van der Waals surface area contributed by atoms with Crippen LogP contribution in [0.3, 0.4) is 0 Å². The highest BCUT2D eigenvalue weighted by atomic mass is 35.5. The first-order valence-electron chi connectivity index (χ1n) is 6.11. The lowest BCUT2D eigenvalue weighted by Gasteiger charge is -2.06. The Morgan fingerprint density at radius 3 is 3.16 bits per heavy atom. The van der Waals surface area contributed by atoms with Crippen molar-refractivity contribution < 1.29 is 4.79 Å². The Morgan fingerprint density at radius 1 is 1.47 bits per heavy atom. The third-order valence-corrected chi connectivity index (χ3v) is 3.91. The van der Waals surface area contributed by atoms with Crippen LogP contribution in [-0.2, 0) is 4.79 Å². The molecule has 6 heteroatoms. The van der Waals surface area contributed by atoms with Crippen LogP contribution in [-0.4, -0.2) is 16.9 Å². The monoisotopic (exact) mass is 274 g/mol. The minimum absolute atomic E-state index is 0.182. The average molecular weight is 275 g/mol. The number of nitrogens with one attached hydrogen (secondary N) is 3. The van der Waals surface area contributed by atoms with E-state index in [1.807, 2.05) is 0 Å². The molecule has 0 aromatic carbocycles. The van der Waals surface area contributed by atoms with E-state index in [2.05, 4.69) is 27.2 Å². The number of anilines is 1. The van der Waals surface area contributed by atoms with Crippen LogP contribution in [0.2, 0.25) is 5.02 Å². The molecule has 0 bridgehead atoms. The van der Waals surface area contributed by atoms with Crippen LogP contribution in [0.25, 0.3) is 0 Å². The number of hydrogen-bond donors (Lipinski definition) is 3. The van der Waals surface area contributed by atoms with Crippen molar-refractivity contribution in [3.8, 4) is 0 Å². The highest BCUT2D eigenvalue weighted by molar-refractivity contribution is 6.30. The second-order valence-corrected chi connectivity index (χ2v) is 5.36. The van der Waals surface area contributed by atoms with Gasteiger partial charge < -0.3 is 10.7 Å². The van der Waals surface area contributed by atoms with Crippen LogP contribution in [0, 0.1) is 5.92 Å². The van der Waals surface area contributed by atoms with E-state index >= 15 is 0 Å². The third-order valence-electron chi connectivity index (χ3n) is 3.69. The van der Waals surface area contributed by atoms with Crippen LogP contribution < -0.4 is 16.2 Å². The van der Waals surface area contributed by atoms with Crippen molar-refractivity contribution in [1.29, 1.82) is 0 Å². The molecule has 1 aromatic heterocycles. The van der Waals surface area contributed by atoms with Gasteiger partial charge in [0.1, 0.15) is 11.5 Å². The summed E-state index contributed by atoms with van der Waals surface area (Å²) in [5, 5.41) is 3.30. The summed E-state index contributed by atoms with van der Waals surface area (Å²) < 4.78 is 0. The van der Waals surface area contributed by atoms with Gasteiger partial charge in [-0.2, -0.15) is 0 Å². The van der Waals surface area contributed by atoms with Crippen molar-refractivity contribution in [3.63, 3.8) is 0 Å². The summed E-state index contributed by atoms with van der Waals surface area (Å²) in [4.78, 5) is 16.2. The molecule has 3 N–H and O–H groups in total. The van der Waals surface area contributed by atoms with E-state index in [1.54, 1.807) is 12.1 Å². The predicted molar refractivity (Wildman–Crippen MR) is 71.2 cm³/mol. The number of aromatic nitrogens is 1. The number of hydrazine groups is 1. The Kier molecular flexibility index (Phi) is 2.22. The summed E-state index contributed by atoms with van der Waals surface area (Å²) in [6, 6.07) is 3.63. The second-order valence-electron chi connectivity index (χ2n) is 4.92. The summed E-state index contributed by atoms with van der Waals surface area (Å²) in [6.07, 6.45) is 4.77. The standard InChI is InChI=1S/C13H11ClN4O/c14-7-1-2-10(15-5-7)16-13(19)12-9-4-6-3-8(6)11(9)17-18-12/h1-2,4-5,8,11,17-18H,3H2,(H,15,16,19). The average Bonchev–Trinajstić information content (AvgIpc) is 2.89. The minimum Gasteiger partial charge on any atom is -0.316 e. The molecule has 1 aliphatic heterocycles. The van der Waals surface area contributed by atoms with Gasteiger partial charge in [-0.25, -0.2) is 10.4 Å². The maximum atomic E-state index is 12.2. The number of carbonyl (C=O) groups is 1. The molecular formula is C13H11ClN4O. The molecule has 2 atom stereocenters. The molecule has 96 valence electrons. The summed E-state index contributed by atoms with van der Waals surface area (Å²) in [6.45, 7) is 0. The summed E-state index contributed by atoms with van der Waals surface area (Å²) in [5.74, 6) is 0.892. The lowest BCUT2D eigenvalue weighted by Crippen LogP contribution is -2.35. The third kappa shape index (κ3) is 1.74. The molecule has 0 saturated heterocycles. The van der Waals surface area contributed by atoms with Crippen molar-refractivity contribution in [2.75, 3.05) is 5.32 Å². The Morgan fingerprint density at radius 2 is 2.37 bits per heavy atom. The smallest absolute Gasteiger partial charge is 0.274 e. The SMILES string of the molecule is O=C(Nc1ccc(Cl)cn1)C1=C2C=C3CC3C2NN1. The molecule has 2 aliphatic carbocycles. The number of amides is 1. The largest absolute Gasteiger partial charge is 0.316 e. The lowest BCUT2D eigenvalue weighted by atomic mass is 10.1.